The number of hydrogen-bond acceptors (Lipinski definition) is 9. The van der Waals surface area contributed by atoms with E-state index < -0.39 is 36.5 Å². The molecule has 0 amide bonds. The van der Waals surface area contributed by atoms with Crippen molar-refractivity contribution in [3.8, 4) is 0 Å². The molecule has 1 fully saturated rings. The molecule has 1 aromatic heterocycles. The molecular weight excluding hydrogens is 260 g/mol. The molecule has 7 N–H and O–H groups in total. The molecule has 19 heavy (non-hydrogen) atoms. The lowest BCUT2D eigenvalue weighted by molar-refractivity contribution is -0.146. The molecule has 10 heteroatoms. The van der Waals surface area contributed by atoms with Crippen LogP contribution in [0.4, 0.5) is 5.82 Å². The summed E-state index contributed by atoms with van der Waals surface area (Å²) in [6, 6.07) is 1.21. The largest absolute Gasteiger partial charge is 0.394 e. The molecule has 0 spiro atoms. The van der Waals surface area contributed by atoms with E-state index in [0.717, 1.165) is 10.8 Å². The zero-order valence-electron chi connectivity index (χ0n) is 9.67. The maximum Gasteiger partial charge on any atom is 0.353 e. The first-order valence-corrected chi connectivity index (χ1v) is 5.38. The Morgan fingerprint density at radius 2 is 2.26 bits per heavy atom. The Kier molecular flexibility index (Phi) is 3.54. The van der Waals surface area contributed by atoms with Gasteiger partial charge in [-0.1, -0.05) is 0 Å². The third-order valence-corrected chi connectivity index (χ3v) is 2.94. The third-order valence-electron chi connectivity index (χ3n) is 2.94. The summed E-state index contributed by atoms with van der Waals surface area (Å²) in [6.07, 6.45) is -3.07. The second-order valence-electron chi connectivity index (χ2n) is 4.10. The lowest BCUT2D eigenvalue weighted by Gasteiger charge is -2.28. The highest BCUT2D eigenvalue weighted by Crippen LogP contribution is 2.30. The van der Waals surface area contributed by atoms with Crippen molar-refractivity contribution < 1.29 is 25.3 Å². The van der Waals surface area contributed by atoms with Crippen LogP contribution in [-0.2, 0) is 10.6 Å². The summed E-state index contributed by atoms with van der Waals surface area (Å²) < 4.78 is 5.89. The smallest absolute Gasteiger partial charge is 0.353 e. The van der Waals surface area contributed by atoms with Gasteiger partial charge < -0.3 is 20.1 Å². The zero-order valence-corrected chi connectivity index (χ0v) is 9.67. The number of nitrogens with two attached hydrogens (primary N) is 1. The first-order chi connectivity index (χ1) is 8.93. The van der Waals surface area contributed by atoms with Gasteiger partial charge in [-0.3, -0.25) is 21.0 Å². The normalized spacial score (nSPS) is 34.5. The molecular formula is C9H14N4O6. The van der Waals surface area contributed by atoms with Crippen LogP contribution in [0, 0.1) is 0 Å². The van der Waals surface area contributed by atoms with Crippen molar-refractivity contribution in [3.05, 3.63) is 22.7 Å². The van der Waals surface area contributed by atoms with Crippen molar-refractivity contribution in [1.82, 2.24) is 9.55 Å². The van der Waals surface area contributed by atoms with Gasteiger partial charge in [0.25, 0.3) is 0 Å². The molecule has 0 aliphatic carbocycles. The zero-order chi connectivity index (χ0) is 14.2. The molecule has 1 aliphatic heterocycles. The van der Waals surface area contributed by atoms with E-state index in [0.29, 0.717) is 0 Å². The van der Waals surface area contributed by atoms with Gasteiger partial charge in [-0.2, -0.15) is 4.98 Å². The molecule has 10 nitrogen and oxygen atoms in total. The highest BCUT2D eigenvalue weighted by molar-refractivity contribution is 5.28. The first-order valence-electron chi connectivity index (χ1n) is 5.38. The van der Waals surface area contributed by atoms with Crippen molar-refractivity contribution >= 4 is 5.82 Å². The number of nitrogens with one attached hydrogen (secondary N) is 1. The Morgan fingerprint density at radius 3 is 2.74 bits per heavy atom. The average Bonchev–Trinajstić information content (AvgIpc) is 2.63. The van der Waals surface area contributed by atoms with Crippen molar-refractivity contribution in [2.45, 2.75) is 24.2 Å². The van der Waals surface area contributed by atoms with E-state index in [9.17, 15) is 15.0 Å². The highest BCUT2D eigenvalue weighted by Gasteiger charge is 2.53. The van der Waals surface area contributed by atoms with Crippen molar-refractivity contribution in [2.24, 2.45) is 5.73 Å². The van der Waals surface area contributed by atoms with Crippen molar-refractivity contribution in [3.63, 3.8) is 0 Å². The lowest BCUT2D eigenvalue weighted by Crippen LogP contribution is -2.57. The molecule has 0 bridgehead atoms. The minimum absolute atomic E-state index is 0.114. The molecule has 2 rings (SSSR count). The number of anilines is 1. The Labute approximate surface area is 106 Å². The van der Waals surface area contributed by atoms with E-state index in [4.69, 9.17) is 20.8 Å². The lowest BCUT2D eigenvalue weighted by atomic mass is 10.1. The van der Waals surface area contributed by atoms with Gasteiger partial charge in [-0.05, 0) is 6.07 Å². The number of nitrogens with zero attached hydrogens (tertiary/aromatic N) is 2. The highest BCUT2D eigenvalue weighted by atomic mass is 16.6. The van der Waals surface area contributed by atoms with Crippen LogP contribution in [0.5, 0.6) is 0 Å². The SMILES string of the molecule is N[C@@]1(n2ccc(NO)nc2=O)O[C@H](CO)[C@@H](O)[C@H]1O. The number of aromatic nitrogens is 2. The summed E-state index contributed by atoms with van der Waals surface area (Å²) in [5.74, 6) is -2.16. The van der Waals surface area contributed by atoms with Gasteiger partial charge in [-0.25, -0.2) is 4.79 Å². The van der Waals surface area contributed by atoms with Crippen LogP contribution < -0.4 is 16.9 Å². The van der Waals surface area contributed by atoms with Crippen LogP contribution in [0.1, 0.15) is 0 Å². The predicted molar refractivity (Wildman–Crippen MR) is 60.0 cm³/mol. The predicted octanol–water partition coefficient (Wildman–Crippen LogP) is -3.27. The fraction of sp³-hybridized carbons (Fsp3) is 0.556. The number of aliphatic hydroxyl groups is 3. The summed E-state index contributed by atoms with van der Waals surface area (Å²) in [5.41, 5.74) is 6.54. The van der Waals surface area contributed by atoms with Gasteiger partial charge in [0.2, 0.25) is 5.85 Å². The van der Waals surface area contributed by atoms with Gasteiger partial charge in [-0.15, -0.1) is 0 Å². The molecule has 4 atom stereocenters. The van der Waals surface area contributed by atoms with Crippen LogP contribution in [0.25, 0.3) is 0 Å². The molecule has 0 unspecified atom stereocenters. The average molecular weight is 274 g/mol. The van der Waals surface area contributed by atoms with Gasteiger partial charge in [0.1, 0.15) is 18.3 Å². The van der Waals surface area contributed by atoms with E-state index in [-0.39, 0.29) is 5.82 Å². The molecule has 0 aromatic carbocycles. The van der Waals surface area contributed by atoms with Crippen LogP contribution in [0.15, 0.2) is 17.1 Å². The third kappa shape index (κ3) is 2.10. The fourth-order valence-corrected chi connectivity index (χ4v) is 1.91. The minimum atomic E-state index is -2.05. The molecule has 106 valence electrons. The summed E-state index contributed by atoms with van der Waals surface area (Å²) in [5, 5.41) is 37.1. The molecule has 0 radical (unpaired) electrons. The number of aliphatic hydroxyl groups excluding tert-OH is 3. The molecule has 1 aliphatic rings. The van der Waals surface area contributed by atoms with Crippen molar-refractivity contribution in [1.29, 1.82) is 0 Å². The van der Waals surface area contributed by atoms with Gasteiger partial charge in [0, 0.05) is 6.20 Å². The second-order valence-corrected chi connectivity index (χ2v) is 4.10. The van der Waals surface area contributed by atoms with Crippen molar-refractivity contribution in [2.75, 3.05) is 12.1 Å². The van der Waals surface area contributed by atoms with Gasteiger partial charge in [0.05, 0.1) is 6.61 Å². The number of ether oxygens (including phenoxy) is 1. The maximum absolute atomic E-state index is 11.7. The van der Waals surface area contributed by atoms with E-state index >= 15 is 0 Å². The Bertz CT molecular complexity index is 522. The Morgan fingerprint density at radius 1 is 1.58 bits per heavy atom. The fourth-order valence-electron chi connectivity index (χ4n) is 1.91. The summed E-state index contributed by atoms with van der Waals surface area (Å²) in [4.78, 5) is 15.1. The quantitative estimate of drug-likeness (QED) is 0.310. The molecule has 0 saturated carbocycles. The summed E-state index contributed by atoms with van der Waals surface area (Å²) in [6.45, 7) is -0.574. The minimum Gasteiger partial charge on any atom is -0.394 e. The Hall–Kier alpha value is -1.56. The maximum atomic E-state index is 11.7. The Balaban J connectivity index is 2.43. The monoisotopic (exact) mass is 274 g/mol. The molecule has 1 aromatic rings. The standard InChI is InChI=1S/C9H14N4O6/c10-9(7(16)6(15)4(3-14)19-9)13-2-1-5(12-18)11-8(13)17/h1-2,4,6-7,14-16,18H,3,10H2,(H,11,12,17)/t4-,6-,7-,9+/m1/s1. The van der Waals surface area contributed by atoms with Crippen LogP contribution in [-0.4, -0.2) is 55.0 Å². The van der Waals surface area contributed by atoms with Gasteiger partial charge >= 0.3 is 5.69 Å². The van der Waals surface area contributed by atoms with Crippen LogP contribution in [0.3, 0.4) is 0 Å². The molecule has 1 saturated heterocycles. The van der Waals surface area contributed by atoms with E-state index in [1.807, 2.05) is 0 Å². The van der Waals surface area contributed by atoms with E-state index in [1.165, 1.54) is 6.07 Å². The van der Waals surface area contributed by atoms with Crippen LogP contribution in [0.2, 0.25) is 0 Å². The number of hydrogen-bond donors (Lipinski definition) is 6. The van der Waals surface area contributed by atoms with Crippen LogP contribution >= 0.6 is 0 Å². The summed E-state index contributed by atoms with van der Waals surface area (Å²) >= 11 is 0. The first kappa shape index (κ1) is 13.9. The topological polar surface area (TPSA) is 163 Å². The van der Waals surface area contributed by atoms with E-state index in [2.05, 4.69) is 4.98 Å². The molecule has 2 heterocycles. The summed E-state index contributed by atoms with van der Waals surface area (Å²) in [7, 11) is 0. The van der Waals surface area contributed by atoms with Gasteiger partial charge in [0.15, 0.2) is 5.82 Å². The number of rotatable bonds is 3. The second kappa shape index (κ2) is 4.85. The van der Waals surface area contributed by atoms with E-state index in [1.54, 1.807) is 5.48 Å².